The number of methoxy groups -OCH3 is 1. The molecule has 3 unspecified atom stereocenters. The van der Waals surface area contributed by atoms with Gasteiger partial charge in [0.05, 0.1) is 77.9 Å². The topological polar surface area (TPSA) is 101 Å². The minimum atomic E-state index is -0.617. The van der Waals surface area contributed by atoms with Crippen LogP contribution in [-0.4, -0.2) is 91.1 Å². The number of benzene rings is 3. The number of amides is 2. The van der Waals surface area contributed by atoms with Gasteiger partial charge in [-0.1, -0.05) is 48.0 Å². The number of hydrogen-bond acceptors (Lipinski definition) is 9. The Labute approximate surface area is 316 Å². The van der Waals surface area contributed by atoms with E-state index in [-0.39, 0.29) is 70.3 Å². The van der Waals surface area contributed by atoms with E-state index >= 15 is 4.39 Å². The Morgan fingerprint density at radius 2 is 1.70 bits per heavy atom. The molecule has 3 aromatic rings. The van der Waals surface area contributed by atoms with E-state index in [9.17, 15) is 14.4 Å². The van der Waals surface area contributed by atoms with Crippen molar-refractivity contribution < 1.29 is 37.7 Å². The Morgan fingerprint density at radius 1 is 1.00 bits per heavy atom. The van der Waals surface area contributed by atoms with Crippen LogP contribution in [-0.2, 0) is 20.8 Å². The lowest BCUT2D eigenvalue weighted by molar-refractivity contribution is -0.0186. The molecule has 14 heteroatoms. The third-order valence-electron chi connectivity index (χ3n) is 10.6. The number of para-hydroxylation sites is 1. The zero-order valence-electron chi connectivity index (χ0n) is 29.8. The summed E-state index contributed by atoms with van der Waals surface area (Å²) >= 11 is 13.5. The molecule has 5 aliphatic rings. The molecular weight excluding hydrogens is 726 g/mol. The van der Waals surface area contributed by atoms with E-state index in [4.69, 9.17) is 42.1 Å². The van der Waals surface area contributed by atoms with Crippen molar-refractivity contribution in [1.29, 1.82) is 0 Å². The Bertz CT molecular complexity index is 2030. The van der Waals surface area contributed by atoms with Gasteiger partial charge in [-0.25, -0.2) is 14.0 Å². The molecule has 278 valence electrons. The molecule has 5 heterocycles. The van der Waals surface area contributed by atoms with Crippen molar-refractivity contribution >= 4 is 52.5 Å². The van der Waals surface area contributed by atoms with Crippen LogP contribution < -0.4 is 14.5 Å². The second-order valence-corrected chi connectivity index (χ2v) is 15.8. The average Bonchev–Trinajstić information content (AvgIpc) is 3.34. The zero-order chi connectivity index (χ0) is 37.5. The average molecular weight is 766 g/mol. The Morgan fingerprint density at radius 3 is 2.34 bits per heavy atom. The van der Waals surface area contributed by atoms with Crippen LogP contribution in [0, 0.1) is 5.82 Å². The van der Waals surface area contributed by atoms with E-state index < -0.39 is 23.3 Å². The van der Waals surface area contributed by atoms with Gasteiger partial charge in [0.2, 0.25) is 0 Å². The number of hydrogen-bond donors (Lipinski definition) is 0. The number of anilines is 2. The van der Waals surface area contributed by atoms with Crippen LogP contribution in [0.5, 0.6) is 5.75 Å². The molecule has 0 aliphatic carbocycles. The molecule has 53 heavy (non-hydrogen) atoms. The van der Waals surface area contributed by atoms with Gasteiger partial charge >= 0.3 is 12.1 Å². The summed E-state index contributed by atoms with van der Waals surface area (Å²) in [4.78, 5) is 46.7. The van der Waals surface area contributed by atoms with Crippen molar-refractivity contribution in [3.05, 3.63) is 87.3 Å². The number of morpholine rings is 1. The van der Waals surface area contributed by atoms with Gasteiger partial charge in [0.1, 0.15) is 17.2 Å². The third kappa shape index (κ3) is 5.95. The van der Waals surface area contributed by atoms with E-state index in [0.29, 0.717) is 53.7 Å². The Balaban J connectivity index is 1.02. The number of rotatable bonds is 5. The Hall–Kier alpha value is -4.52. The van der Waals surface area contributed by atoms with E-state index in [1.807, 2.05) is 31.7 Å². The summed E-state index contributed by atoms with van der Waals surface area (Å²) in [5, 5.41) is 0.322. The van der Waals surface area contributed by atoms with Crippen molar-refractivity contribution in [3.63, 3.8) is 0 Å². The Kier molecular flexibility index (Phi) is 8.78. The van der Waals surface area contributed by atoms with Crippen LogP contribution >= 0.6 is 23.2 Å². The van der Waals surface area contributed by atoms with Crippen LogP contribution in [0.15, 0.2) is 54.7 Å². The molecule has 0 aromatic heterocycles. The first-order chi connectivity index (χ1) is 25.3. The monoisotopic (exact) mass is 764 g/mol. The summed E-state index contributed by atoms with van der Waals surface area (Å²) in [5.41, 5.74) is 3.08. The first-order valence-corrected chi connectivity index (χ1v) is 18.3. The zero-order valence-corrected chi connectivity index (χ0v) is 31.3. The highest BCUT2D eigenvalue weighted by Gasteiger charge is 2.57. The van der Waals surface area contributed by atoms with Crippen LogP contribution in [0.2, 0.25) is 10.0 Å². The molecule has 4 fully saturated rings. The third-order valence-corrected chi connectivity index (χ3v) is 11.2. The SMILES string of the molecule is C=C1[C@H]2C(CN2C(=O)OC(C)(C)C)N1c1cc(Cl)c(C(=O)N2COc3c(cccc3-c3cc(N4C5CCC4COC5)c(C(=O)OC)cc3F)C2)c(Cl)c1. The van der Waals surface area contributed by atoms with Crippen LogP contribution in [0.25, 0.3) is 11.1 Å². The first kappa shape index (κ1) is 35.5. The molecule has 4 saturated heterocycles. The summed E-state index contributed by atoms with van der Waals surface area (Å²) in [6.45, 7) is 11.2. The number of carbonyl (C=O) groups is 3. The number of nitrogens with zero attached hydrogens (tertiary/aromatic N) is 4. The van der Waals surface area contributed by atoms with Gasteiger partial charge in [0.25, 0.3) is 5.91 Å². The van der Waals surface area contributed by atoms with Gasteiger partial charge in [-0.05, 0) is 57.9 Å². The molecule has 11 nitrogen and oxygen atoms in total. The predicted octanol–water partition coefficient (Wildman–Crippen LogP) is 7.27. The number of likely N-dealkylation sites (tertiary alicyclic amines) is 1. The minimum absolute atomic E-state index is 0.00788. The summed E-state index contributed by atoms with van der Waals surface area (Å²) in [5.74, 6) is -1.20. The van der Waals surface area contributed by atoms with E-state index in [2.05, 4.69) is 11.5 Å². The standard InChI is InChI=1S/C39H39Cl2FN4O7/c1-20-34-32(16-44(34)38(49)53-39(2,3)4)45(20)24-11-28(40)33(29(41)12-24)36(47)43-15-21-7-6-8-25(35(21)52-19-43)26-14-31(27(13-30(26)42)37(48)50-5)46-22-9-10-23(46)18-51-17-22/h6-8,11-14,22-23,32,34H,1,9-10,15-19H2,2-5H3/t22?,23?,32?,34-/m0/s1. The van der Waals surface area contributed by atoms with Gasteiger partial charge in [0, 0.05) is 34.6 Å². The number of piperazine rings is 1. The summed E-state index contributed by atoms with van der Waals surface area (Å²) in [7, 11) is 1.28. The lowest BCUT2D eigenvalue weighted by atomic mass is 9.82. The molecule has 3 aromatic carbocycles. The number of halogens is 3. The fourth-order valence-electron chi connectivity index (χ4n) is 8.20. The predicted molar refractivity (Wildman–Crippen MR) is 197 cm³/mol. The maximum Gasteiger partial charge on any atom is 0.411 e. The smallest absolute Gasteiger partial charge is 0.411 e. The normalized spacial score (nSPS) is 23.0. The van der Waals surface area contributed by atoms with Crippen molar-refractivity contribution in [2.45, 2.75) is 69.9 Å². The van der Waals surface area contributed by atoms with Crippen molar-refractivity contribution in [2.75, 3.05) is 43.4 Å². The van der Waals surface area contributed by atoms with Gasteiger partial charge in [0.15, 0.2) is 6.73 Å². The molecule has 2 bridgehead atoms. The molecule has 8 rings (SSSR count). The molecular formula is C39H39Cl2FN4O7. The quantitative estimate of drug-likeness (QED) is 0.249. The van der Waals surface area contributed by atoms with Gasteiger partial charge in [-0.2, -0.15) is 0 Å². The van der Waals surface area contributed by atoms with Gasteiger partial charge < -0.3 is 33.6 Å². The van der Waals surface area contributed by atoms with Crippen molar-refractivity contribution in [2.24, 2.45) is 0 Å². The highest BCUT2D eigenvalue weighted by atomic mass is 35.5. The number of fused-ring (bicyclic) bond motifs is 4. The summed E-state index contributed by atoms with van der Waals surface area (Å²) in [6, 6.07) is 11.6. The van der Waals surface area contributed by atoms with E-state index in [0.717, 1.165) is 12.8 Å². The van der Waals surface area contributed by atoms with Gasteiger partial charge in [-0.15, -0.1) is 0 Å². The number of ether oxygens (including phenoxy) is 4. The minimum Gasteiger partial charge on any atom is -0.472 e. The fraction of sp³-hybridized carbons (Fsp3) is 0.410. The maximum atomic E-state index is 15.9. The molecule has 0 radical (unpaired) electrons. The first-order valence-electron chi connectivity index (χ1n) is 17.5. The second-order valence-electron chi connectivity index (χ2n) is 15.0. The highest BCUT2D eigenvalue weighted by Crippen LogP contribution is 2.48. The largest absolute Gasteiger partial charge is 0.472 e. The highest BCUT2D eigenvalue weighted by molar-refractivity contribution is 6.40. The molecule has 0 spiro atoms. The molecule has 5 aliphatic heterocycles. The molecule has 0 N–H and O–H groups in total. The van der Waals surface area contributed by atoms with Crippen molar-refractivity contribution in [3.8, 4) is 16.9 Å². The number of carbonyl (C=O) groups excluding carboxylic acids is 3. The lowest BCUT2D eigenvalue weighted by Crippen LogP contribution is -2.78. The van der Waals surface area contributed by atoms with Crippen LogP contribution in [0.1, 0.15) is 59.9 Å². The number of esters is 1. The lowest BCUT2D eigenvalue weighted by Gasteiger charge is -2.63. The van der Waals surface area contributed by atoms with Gasteiger partial charge in [-0.3, -0.25) is 9.69 Å². The fourth-order valence-corrected chi connectivity index (χ4v) is 8.84. The van der Waals surface area contributed by atoms with Crippen molar-refractivity contribution in [1.82, 2.24) is 9.80 Å². The molecule has 4 atom stereocenters. The molecule has 2 amide bonds. The summed E-state index contributed by atoms with van der Waals surface area (Å²) < 4.78 is 38.5. The van der Waals surface area contributed by atoms with Crippen LogP contribution in [0.4, 0.5) is 20.6 Å². The second kappa shape index (κ2) is 13.1. The summed E-state index contributed by atoms with van der Waals surface area (Å²) in [6.07, 6.45) is 1.43. The van der Waals surface area contributed by atoms with Crippen LogP contribution in [0.3, 0.4) is 0 Å². The van der Waals surface area contributed by atoms with E-state index in [1.54, 1.807) is 35.2 Å². The van der Waals surface area contributed by atoms with E-state index in [1.165, 1.54) is 18.1 Å². The maximum absolute atomic E-state index is 15.9. The molecule has 0 saturated carbocycles.